The van der Waals surface area contributed by atoms with Crippen molar-refractivity contribution in [1.82, 2.24) is 0 Å². The van der Waals surface area contributed by atoms with Crippen LogP contribution >= 0.6 is 0 Å². The van der Waals surface area contributed by atoms with Crippen LogP contribution in [0.2, 0.25) is 0 Å². The molecule has 19 heavy (non-hydrogen) atoms. The van der Waals surface area contributed by atoms with Crippen molar-refractivity contribution in [3.05, 3.63) is 35.9 Å². The fraction of sp³-hybridized carbons (Fsp3) is 0.667. The molecule has 0 heterocycles. The highest BCUT2D eigenvalue weighted by molar-refractivity contribution is 5.14. The van der Waals surface area contributed by atoms with Crippen molar-refractivity contribution in [1.29, 1.82) is 0 Å². The van der Waals surface area contributed by atoms with Crippen molar-refractivity contribution >= 4 is 0 Å². The van der Waals surface area contributed by atoms with Crippen molar-refractivity contribution < 1.29 is 4.74 Å². The third kappa shape index (κ3) is 15.1. The van der Waals surface area contributed by atoms with Gasteiger partial charge >= 0.3 is 0 Å². The number of rotatable bonds is 6. The average Bonchev–Trinajstić information content (AvgIpc) is 2.43. The lowest BCUT2D eigenvalue weighted by atomic mass is 9.97. The molecule has 0 N–H and O–H groups in total. The fourth-order valence-electron chi connectivity index (χ4n) is 1.94. The molecule has 1 aromatic carbocycles. The zero-order valence-corrected chi connectivity index (χ0v) is 13.9. The molecule has 0 bridgehead atoms. The van der Waals surface area contributed by atoms with Crippen LogP contribution in [0.1, 0.15) is 58.9 Å². The minimum atomic E-state index is 0.906. The van der Waals surface area contributed by atoms with Gasteiger partial charge in [-0.15, -0.1) is 0 Å². The first-order valence-corrected chi connectivity index (χ1v) is 7.68. The van der Waals surface area contributed by atoms with Crippen LogP contribution in [0, 0.1) is 5.92 Å². The molecular weight excluding hydrogens is 232 g/mol. The summed E-state index contributed by atoms with van der Waals surface area (Å²) in [7, 11) is 3.25. The number of benzene rings is 1. The van der Waals surface area contributed by atoms with Gasteiger partial charge < -0.3 is 4.74 Å². The monoisotopic (exact) mass is 266 g/mol. The number of hydrogen-bond acceptors (Lipinski definition) is 1. The first-order chi connectivity index (χ1) is 9.24. The molecule has 1 unspecified atom stereocenters. The Labute approximate surface area is 121 Å². The molecular formula is C18H34O. The Kier molecular flexibility index (Phi) is 18.5. The van der Waals surface area contributed by atoms with Crippen molar-refractivity contribution in [3.8, 4) is 0 Å². The first-order valence-electron chi connectivity index (χ1n) is 7.68. The molecule has 0 aliphatic rings. The van der Waals surface area contributed by atoms with E-state index in [1.165, 1.54) is 37.7 Å². The smallest absolute Gasteiger partial charge is 0.0351 e. The minimum absolute atomic E-state index is 0.906. The van der Waals surface area contributed by atoms with Crippen LogP contribution in [0.3, 0.4) is 0 Å². The summed E-state index contributed by atoms with van der Waals surface area (Å²) < 4.78 is 4.25. The Morgan fingerprint density at radius 2 is 1.53 bits per heavy atom. The second-order valence-electron chi connectivity index (χ2n) is 4.68. The van der Waals surface area contributed by atoms with Gasteiger partial charge in [-0.25, -0.2) is 0 Å². The third-order valence-corrected chi connectivity index (χ3v) is 2.79. The van der Waals surface area contributed by atoms with Gasteiger partial charge in [-0.3, -0.25) is 0 Å². The van der Waals surface area contributed by atoms with Gasteiger partial charge in [0.25, 0.3) is 0 Å². The van der Waals surface area contributed by atoms with Crippen LogP contribution in [0.5, 0.6) is 0 Å². The average molecular weight is 266 g/mol. The van der Waals surface area contributed by atoms with E-state index in [2.05, 4.69) is 48.9 Å². The van der Waals surface area contributed by atoms with Crippen molar-refractivity contribution in [2.75, 3.05) is 14.2 Å². The quantitative estimate of drug-likeness (QED) is 0.638. The molecule has 1 nitrogen and oxygen atoms in total. The lowest BCUT2D eigenvalue weighted by Gasteiger charge is -2.09. The van der Waals surface area contributed by atoms with E-state index < -0.39 is 0 Å². The van der Waals surface area contributed by atoms with E-state index in [-0.39, 0.29) is 0 Å². The third-order valence-electron chi connectivity index (χ3n) is 2.79. The van der Waals surface area contributed by atoms with Gasteiger partial charge in [0, 0.05) is 14.2 Å². The first kappa shape index (κ1) is 20.5. The maximum absolute atomic E-state index is 4.25. The molecule has 0 aromatic heterocycles. The lowest BCUT2D eigenvalue weighted by Crippen LogP contribution is -1.95. The van der Waals surface area contributed by atoms with Crippen LogP contribution in [-0.4, -0.2) is 14.2 Å². The van der Waals surface area contributed by atoms with Crippen LogP contribution in [0.25, 0.3) is 0 Å². The van der Waals surface area contributed by atoms with Crippen molar-refractivity contribution in [2.45, 2.75) is 59.8 Å². The summed E-state index contributed by atoms with van der Waals surface area (Å²) in [5, 5.41) is 0. The molecule has 0 spiro atoms. The van der Waals surface area contributed by atoms with E-state index in [0.29, 0.717) is 0 Å². The summed E-state index contributed by atoms with van der Waals surface area (Å²) >= 11 is 0. The van der Waals surface area contributed by atoms with Gasteiger partial charge in [0.1, 0.15) is 0 Å². The number of methoxy groups -OCH3 is 1. The van der Waals surface area contributed by atoms with Crippen molar-refractivity contribution in [3.63, 3.8) is 0 Å². The summed E-state index contributed by atoms with van der Waals surface area (Å²) in [4.78, 5) is 0. The zero-order chi connectivity index (χ0) is 14.9. The summed E-state index contributed by atoms with van der Waals surface area (Å²) in [6.07, 6.45) is 6.67. The Bertz CT molecular complexity index is 243. The molecule has 1 heteroatoms. The predicted octanol–water partition coefficient (Wildman–Crippen LogP) is 5.73. The molecule has 1 rings (SSSR count). The van der Waals surface area contributed by atoms with E-state index >= 15 is 0 Å². The zero-order valence-electron chi connectivity index (χ0n) is 13.9. The highest BCUT2D eigenvalue weighted by Crippen LogP contribution is 2.14. The van der Waals surface area contributed by atoms with E-state index in [9.17, 15) is 0 Å². The van der Waals surface area contributed by atoms with E-state index in [1.807, 2.05) is 13.8 Å². The lowest BCUT2D eigenvalue weighted by molar-refractivity contribution is 0.277. The second kappa shape index (κ2) is 17.2. The van der Waals surface area contributed by atoms with Gasteiger partial charge in [0.05, 0.1) is 0 Å². The maximum atomic E-state index is 4.25. The Hall–Kier alpha value is -0.820. The van der Waals surface area contributed by atoms with Gasteiger partial charge in [0.2, 0.25) is 0 Å². The van der Waals surface area contributed by atoms with E-state index in [0.717, 1.165) is 5.92 Å². The topological polar surface area (TPSA) is 9.23 Å². The van der Waals surface area contributed by atoms with Gasteiger partial charge in [-0.2, -0.15) is 0 Å². The van der Waals surface area contributed by atoms with E-state index in [4.69, 9.17) is 0 Å². The van der Waals surface area contributed by atoms with E-state index in [1.54, 1.807) is 14.2 Å². The SMILES string of the molecule is CC.CCCC(C)CCCc1ccccc1.COC. The molecule has 0 aliphatic heterocycles. The standard InChI is InChI=1S/C14H22.C2H6O.C2H6/c1-3-8-13(2)9-7-12-14-10-5-4-6-11-14;1-3-2;1-2/h4-6,10-11,13H,3,7-9,12H2,1-2H3;1-2H3;1-2H3. The Morgan fingerprint density at radius 3 is 2.00 bits per heavy atom. The van der Waals surface area contributed by atoms with Crippen LogP contribution in [0.4, 0.5) is 0 Å². The molecule has 0 radical (unpaired) electrons. The highest BCUT2D eigenvalue weighted by Gasteiger charge is 2.00. The molecule has 0 aliphatic carbocycles. The minimum Gasteiger partial charge on any atom is -0.388 e. The molecule has 112 valence electrons. The fourth-order valence-corrected chi connectivity index (χ4v) is 1.94. The maximum Gasteiger partial charge on any atom is 0.0351 e. The normalized spacial score (nSPS) is 10.6. The van der Waals surface area contributed by atoms with Gasteiger partial charge in [0.15, 0.2) is 0 Å². The number of hydrogen-bond donors (Lipinski definition) is 0. The molecule has 0 amide bonds. The van der Waals surface area contributed by atoms with Crippen LogP contribution in [-0.2, 0) is 11.2 Å². The highest BCUT2D eigenvalue weighted by atomic mass is 16.4. The van der Waals surface area contributed by atoms with Crippen LogP contribution in [0.15, 0.2) is 30.3 Å². The Morgan fingerprint density at radius 1 is 1.00 bits per heavy atom. The molecule has 1 atom stereocenters. The number of ether oxygens (including phenoxy) is 1. The summed E-state index contributed by atoms with van der Waals surface area (Å²) in [5.74, 6) is 0.906. The summed E-state index contributed by atoms with van der Waals surface area (Å²) in [6.45, 7) is 8.64. The summed E-state index contributed by atoms with van der Waals surface area (Å²) in [6, 6.07) is 10.8. The molecule has 0 fully saturated rings. The largest absolute Gasteiger partial charge is 0.388 e. The predicted molar refractivity (Wildman–Crippen MR) is 87.7 cm³/mol. The van der Waals surface area contributed by atoms with Gasteiger partial charge in [-0.05, 0) is 24.3 Å². The number of aryl methyl sites for hydroxylation is 1. The summed E-state index contributed by atoms with van der Waals surface area (Å²) in [5.41, 5.74) is 1.48. The molecule has 0 saturated carbocycles. The van der Waals surface area contributed by atoms with Crippen LogP contribution < -0.4 is 0 Å². The Balaban J connectivity index is 0. The molecule has 1 aromatic rings. The molecule has 0 saturated heterocycles. The van der Waals surface area contributed by atoms with Gasteiger partial charge in [-0.1, -0.05) is 77.3 Å². The van der Waals surface area contributed by atoms with Crippen molar-refractivity contribution in [2.24, 2.45) is 5.92 Å². The second-order valence-corrected chi connectivity index (χ2v) is 4.68.